The molecule has 0 saturated heterocycles. The van der Waals surface area contributed by atoms with Gasteiger partial charge in [-0.1, -0.05) is 54.1 Å². The smallest absolute Gasteiger partial charge is 0.422 e. The Morgan fingerprint density at radius 1 is 0.909 bits per heavy atom. The number of amides is 2. The number of benzene rings is 3. The third-order valence-corrected chi connectivity index (χ3v) is 4.89. The van der Waals surface area contributed by atoms with Gasteiger partial charge in [-0.05, 0) is 42.0 Å². The average Bonchev–Trinajstić information content (AvgIpc) is 2.78. The Morgan fingerprint density at radius 3 is 2.18 bits per heavy atom. The monoisotopic (exact) mass is 476 g/mol. The van der Waals surface area contributed by atoms with Crippen molar-refractivity contribution in [1.29, 1.82) is 0 Å². The molecule has 9 heteroatoms. The van der Waals surface area contributed by atoms with Crippen molar-refractivity contribution >= 4 is 29.1 Å². The molecule has 1 unspecified atom stereocenters. The van der Waals surface area contributed by atoms with Crippen molar-refractivity contribution in [3.05, 3.63) is 95.0 Å². The fraction of sp³-hybridized carbons (Fsp3) is 0.167. The van der Waals surface area contributed by atoms with Crippen LogP contribution in [0.25, 0.3) is 0 Å². The Morgan fingerprint density at radius 2 is 1.55 bits per heavy atom. The third-order valence-electron chi connectivity index (χ3n) is 4.56. The molecule has 0 aliphatic rings. The quantitative estimate of drug-likeness (QED) is 0.433. The van der Waals surface area contributed by atoms with Gasteiger partial charge >= 0.3 is 6.18 Å². The van der Waals surface area contributed by atoms with Crippen LogP contribution >= 0.6 is 11.6 Å². The van der Waals surface area contributed by atoms with Crippen molar-refractivity contribution in [3.63, 3.8) is 0 Å². The topological polar surface area (TPSA) is 67.4 Å². The molecular weight excluding hydrogens is 457 g/mol. The maximum atomic E-state index is 12.7. The van der Waals surface area contributed by atoms with E-state index >= 15 is 0 Å². The molecule has 0 heterocycles. The summed E-state index contributed by atoms with van der Waals surface area (Å²) in [5.74, 6) is -0.791. The fourth-order valence-electron chi connectivity index (χ4n) is 3.02. The molecule has 0 spiro atoms. The van der Waals surface area contributed by atoms with Crippen molar-refractivity contribution in [1.82, 2.24) is 5.32 Å². The minimum atomic E-state index is -4.44. The standard InChI is InChI=1S/C24H20ClF3N2O3/c25-20-9-5-4-8-19(20)23(32)30-21(16-6-2-1-3-7-16)14-22(31)29-17-10-12-18(13-11-17)33-15-24(26,27)28/h1-13,21H,14-15H2,(H,29,31)(H,30,32). The lowest BCUT2D eigenvalue weighted by molar-refractivity contribution is -0.153. The number of ether oxygens (including phenoxy) is 1. The summed E-state index contributed by atoms with van der Waals surface area (Å²) in [5, 5.41) is 5.80. The molecule has 0 aliphatic heterocycles. The molecular formula is C24H20ClF3N2O3. The van der Waals surface area contributed by atoms with Crippen molar-refractivity contribution in [2.24, 2.45) is 0 Å². The van der Waals surface area contributed by atoms with Gasteiger partial charge in [-0.25, -0.2) is 0 Å². The highest BCUT2D eigenvalue weighted by Gasteiger charge is 2.28. The zero-order chi connectivity index (χ0) is 23.8. The van der Waals surface area contributed by atoms with Gasteiger partial charge in [0.25, 0.3) is 5.91 Å². The summed E-state index contributed by atoms with van der Waals surface area (Å²) in [5.41, 5.74) is 1.39. The SMILES string of the molecule is O=C(CC(NC(=O)c1ccccc1Cl)c1ccccc1)Nc1ccc(OCC(F)(F)F)cc1. The minimum absolute atomic E-state index is 0.0273. The molecule has 2 N–H and O–H groups in total. The molecule has 2 amide bonds. The summed E-state index contributed by atoms with van der Waals surface area (Å²) in [6.07, 6.45) is -4.51. The van der Waals surface area contributed by atoms with E-state index in [9.17, 15) is 22.8 Å². The maximum absolute atomic E-state index is 12.7. The van der Waals surface area contributed by atoms with Crippen LogP contribution in [-0.2, 0) is 4.79 Å². The third kappa shape index (κ3) is 7.54. The van der Waals surface area contributed by atoms with E-state index in [1.54, 1.807) is 48.5 Å². The molecule has 3 aromatic rings. The average molecular weight is 477 g/mol. The Balaban J connectivity index is 1.67. The number of hydrogen-bond donors (Lipinski definition) is 2. The molecule has 33 heavy (non-hydrogen) atoms. The van der Waals surface area contributed by atoms with Gasteiger partial charge in [0.15, 0.2) is 6.61 Å². The van der Waals surface area contributed by atoms with Gasteiger partial charge in [-0.3, -0.25) is 9.59 Å². The largest absolute Gasteiger partial charge is 0.484 e. The van der Waals surface area contributed by atoms with Gasteiger partial charge in [-0.15, -0.1) is 0 Å². The Hall–Kier alpha value is -3.52. The highest BCUT2D eigenvalue weighted by atomic mass is 35.5. The number of alkyl halides is 3. The van der Waals surface area contributed by atoms with Crippen LogP contribution in [0.15, 0.2) is 78.9 Å². The van der Waals surface area contributed by atoms with E-state index < -0.39 is 30.6 Å². The number of carbonyl (C=O) groups is 2. The van der Waals surface area contributed by atoms with E-state index in [1.807, 2.05) is 6.07 Å². The number of nitrogens with one attached hydrogen (secondary N) is 2. The molecule has 1 atom stereocenters. The Kier molecular flexibility index (Phi) is 7.95. The van der Waals surface area contributed by atoms with E-state index in [2.05, 4.69) is 15.4 Å². The summed E-state index contributed by atoms with van der Waals surface area (Å²) < 4.78 is 41.4. The second kappa shape index (κ2) is 10.9. The van der Waals surface area contributed by atoms with Crippen LogP contribution in [0.3, 0.4) is 0 Å². The van der Waals surface area contributed by atoms with E-state index in [4.69, 9.17) is 11.6 Å². The lowest BCUT2D eigenvalue weighted by atomic mass is 10.0. The zero-order valence-electron chi connectivity index (χ0n) is 17.2. The predicted octanol–water partition coefficient (Wildman–Crippen LogP) is 5.78. The first-order valence-corrected chi connectivity index (χ1v) is 10.3. The molecule has 3 rings (SSSR count). The van der Waals surface area contributed by atoms with Crippen LogP contribution in [0.1, 0.15) is 28.4 Å². The molecule has 5 nitrogen and oxygen atoms in total. The van der Waals surface area contributed by atoms with Gasteiger partial charge in [-0.2, -0.15) is 13.2 Å². The first-order chi connectivity index (χ1) is 15.7. The van der Waals surface area contributed by atoms with Crippen molar-refractivity contribution < 1.29 is 27.5 Å². The molecule has 0 fully saturated rings. The van der Waals surface area contributed by atoms with E-state index in [1.165, 1.54) is 24.3 Å². The van der Waals surface area contributed by atoms with Crippen LogP contribution in [0.2, 0.25) is 5.02 Å². The number of carbonyl (C=O) groups excluding carboxylic acids is 2. The predicted molar refractivity (Wildman–Crippen MR) is 119 cm³/mol. The van der Waals surface area contributed by atoms with Crippen LogP contribution < -0.4 is 15.4 Å². The zero-order valence-corrected chi connectivity index (χ0v) is 18.0. The summed E-state index contributed by atoms with van der Waals surface area (Å²) in [4.78, 5) is 25.4. The Labute approximate surface area is 193 Å². The lowest BCUT2D eigenvalue weighted by Crippen LogP contribution is -2.31. The van der Waals surface area contributed by atoms with Gasteiger partial charge in [0.2, 0.25) is 5.91 Å². The normalized spacial score (nSPS) is 12.0. The number of halogens is 4. The highest BCUT2D eigenvalue weighted by Crippen LogP contribution is 2.23. The van der Waals surface area contributed by atoms with E-state index in [0.717, 1.165) is 5.56 Å². The maximum Gasteiger partial charge on any atom is 0.422 e. The molecule has 0 bridgehead atoms. The van der Waals surface area contributed by atoms with Crippen molar-refractivity contribution in [3.8, 4) is 5.75 Å². The molecule has 0 aromatic heterocycles. The van der Waals surface area contributed by atoms with Gasteiger partial charge in [0.05, 0.1) is 23.0 Å². The molecule has 172 valence electrons. The van der Waals surface area contributed by atoms with Crippen LogP contribution in [0, 0.1) is 0 Å². The first kappa shape index (κ1) is 24.1. The summed E-state index contributed by atoms with van der Waals surface area (Å²) >= 11 is 6.11. The van der Waals surface area contributed by atoms with Crippen LogP contribution in [-0.4, -0.2) is 24.6 Å². The van der Waals surface area contributed by atoms with Crippen molar-refractivity contribution in [2.75, 3.05) is 11.9 Å². The second-order valence-corrected chi connectivity index (χ2v) is 7.50. The van der Waals surface area contributed by atoms with Gasteiger partial charge < -0.3 is 15.4 Å². The minimum Gasteiger partial charge on any atom is -0.484 e. The molecule has 0 aliphatic carbocycles. The highest BCUT2D eigenvalue weighted by molar-refractivity contribution is 6.33. The molecule has 0 radical (unpaired) electrons. The fourth-order valence-corrected chi connectivity index (χ4v) is 3.24. The van der Waals surface area contributed by atoms with Crippen molar-refractivity contribution in [2.45, 2.75) is 18.6 Å². The van der Waals surface area contributed by atoms with E-state index in [-0.39, 0.29) is 17.7 Å². The van der Waals surface area contributed by atoms with Gasteiger partial charge in [0, 0.05) is 5.69 Å². The lowest BCUT2D eigenvalue weighted by Gasteiger charge is -2.19. The van der Waals surface area contributed by atoms with Crippen LogP contribution in [0.5, 0.6) is 5.75 Å². The molecule has 0 saturated carbocycles. The van der Waals surface area contributed by atoms with E-state index in [0.29, 0.717) is 10.7 Å². The first-order valence-electron chi connectivity index (χ1n) is 9.91. The summed E-state index contributed by atoms with van der Waals surface area (Å²) in [7, 11) is 0. The second-order valence-electron chi connectivity index (χ2n) is 7.10. The number of hydrogen-bond acceptors (Lipinski definition) is 3. The Bertz CT molecular complexity index is 1090. The summed E-state index contributed by atoms with van der Waals surface area (Å²) in [6.45, 7) is -1.40. The number of rotatable bonds is 8. The number of anilines is 1. The van der Waals surface area contributed by atoms with Crippen LogP contribution in [0.4, 0.5) is 18.9 Å². The molecule has 3 aromatic carbocycles. The van der Waals surface area contributed by atoms with Gasteiger partial charge in [0.1, 0.15) is 5.75 Å². The summed E-state index contributed by atoms with van der Waals surface area (Å²) in [6, 6.07) is 20.5.